The van der Waals surface area contributed by atoms with E-state index >= 15 is 0 Å². The first-order chi connectivity index (χ1) is 8.17. The van der Waals surface area contributed by atoms with E-state index in [4.69, 9.17) is 11.5 Å². The maximum Gasteiger partial charge on any atom is 0.0724 e. The first kappa shape index (κ1) is 15.9. The largest absolute Gasteiger partial charge is 0.317 e. The molecule has 5 N–H and O–H groups in total. The summed E-state index contributed by atoms with van der Waals surface area (Å²) in [5, 5.41) is 3.39. The van der Waals surface area contributed by atoms with Gasteiger partial charge in [-0.1, -0.05) is 41.0 Å². The van der Waals surface area contributed by atoms with Crippen molar-refractivity contribution >= 4 is 0 Å². The fourth-order valence-corrected chi connectivity index (χ4v) is 3.33. The van der Waals surface area contributed by atoms with Crippen molar-refractivity contribution in [1.29, 1.82) is 0 Å². The Labute approximate surface area is 113 Å². The summed E-state index contributed by atoms with van der Waals surface area (Å²) in [6.07, 6.45) is 4.54. The predicted octanol–water partition coefficient (Wildman–Crippen LogP) is 2.45. The molecule has 0 atom stereocenters. The van der Waals surface area contributed by atoms with Gasteiger partial charge in [0.25, 0.3) is 0 Å². The molecule has 1 rings (SSSR count). The summed E-state index contributed by atoms with van der Waals surface area (Å²) in [5.74, 6) is 0.421. The minimum absolute atomic E-state index is 0.0714. The molecule has 0 radical (unpaired) electrons. The highest BCUT2D eigenvalue weighted by atomic mass is 15.0. The summed E-state index contributed by atoms with van der Waals surface area (Å²) < 4.78 is 0. The zero-order chi connectivity index (χ0) is 14.0. The summed E-state index contributed by atoms with van der Waals surface area (Å²) >= 11 is 0. The smallest absolute Gasteiger partial charge is 0.0724 e. The molecule has 1 heterocycles. The van der Waals surface area contributed by atoms with Gasteiger partial charge >= 0.3 is 0 Å². The molecule has 0 aromatic carbocycles. The lowest BCUT2D eigenvalue weighted by molar-refractivity contribution is -0.0278. The van der Waals surface area contributed by atoms with E-state index in [9.17, 15) is 0 Å². The molecule has 3 nitrogen and oxygen atoms in total. The summed E-state index contributed by atoms with van der Waals surface area (Å²) in [6, 6.07) is 0. The lowest BCUT2D eigenvalue weighted by Gasteiger charge is -2.55. The average molecular weight is 255 g/mol. The van der Waals surface area contributed by atoms with E-state index in [0.717, 1.165) is 25.9 Å². The van der Waals surface area contributed by atoms with Crippen LogP contribution in [0.2, 0.25) is 0 Å². The van der Waals surface area contributed by atoms with Crippen molar-refractivity contribution in [3.05, 3.63) is 0 Å². The maximum atomic E-state index is 6.64. The van der Waals surface area contributed by atoms with Crippen LogP contribution in [-0.2, 0) is 0 Å². The summed E-state index contributed by atoms with van der Waals surface area (Å²) in [5.41, 5.74) is 12.8. The van der Waals surface area contributed by atoms with Crippen LogP contribution in [0.4, 0.5) is 0 Å². The predicted molar refractivity (Wildman–Crippen MR) is 79.2 cm³/mol. The Morgan fingerprint density at radius 3 is 2.00 bits per heavy atom. The first-order valence-electron chi connectivity index (χ1n) is 7.45. The third-order valence-corrected chi connectivity index (χ3v) is 5.66. The standard InChI is InChI=1S/C15H33N3/c1-6-9-13(2,3)14(4,5)15(16,17)12-7-10-18-11-8-12/h12,18H,6-11,16-17H2,1-5H3. The van der Waals surface area contributed by atoms with E-state index in [1.54, 1.807) is 0 Å². The van der Waals surface area contributed by atoms with Crippen molar-refractivity contribution in [2.75, 3.05) is 13.1 Å². The number of nitrogens with two attached hydrogens (primary N) is 2. The molecule has 1 aliphatic rings. The fourth-order valence-electron chi connectivity index (χ4n) is 3.33. The van der Waals surface area contributed by atoms with Gasteiger partial charge in [0.15, 0.2) is 0 Å². The van der Waals surface area contributed by atoms with Crippen LogP contribution in [0.5, 0.6) is 0 Å². The molecule has 0 aromatic heterocycles. The van der Waals surface area contributed by atoms with Crippen LogP contribution in [0.15, 0.2) is 0 Å². The number of hydrogen-bond donors (Lipinski definition) is 3. The van der Waals surface area contributed by atoms with Gasteiger partial charge < -0.3 is 16.8 Å². The molecule has 1 saturated heterocycles. The molecule has 3 heteroatoms. The zero-order valence-electron chi connectivity index (χ0n) is 13.0. The Morgan fingerprint density at radius 1 is 1.06 bits per heavy atom. The molecule has 0 bridgehead atoms. The highest BCUT2D eigenvalue weighted by Gasteiger charge is 2.52. The van der Waals surface area contributed by atoms with E-state index in [0.29, 0.717) is 5.92 Å². The Hall–Kier alpha value is -0.120. The molecule has 0 aromatic rings. The van der Waals surface area contributed by atoms with E-state index < -0.39 is 5.66 Å². The highest BCUT2D eigenvalue weighted by molar-refractivity contribution is 5.05. The molecule has 108 valence electrons. The Balaban J connectivity index is 2.92. The van der Waals surface area contributed by atoms with Crippen molar-refractivity contribution in [2.24, 2.45) is 28.2 Å². The van der Waals surface area contributed by atoms with Crippen LogP contribution in [-0.4, -0.2) is 18.8 Å². The van der Waals surface area contributed by atoms with Crippen molar-refractivity contribution in [2.45, 2.75) is 66.0 Å². The fraction of sp³-hybridized carbons (Fsp3) is 1.00. The van der Waals surface area contributed by atoms with Crippen molar-refractivity contribution in [3.63, 3.8) is 0 Å². The van der Waals surface area contributed by atoms with E-state index in [1.165, 1.54) is 12.8 Å². The summed E-state index contributed by atoms with van der Waals surface area (Å²) in [7, 11) is 0. The SMILES string of the molecule is CCCC(C)(C)C(C)(C)C(N)(N)C1CCNCC1. The first-order valence-corrected chi connectivity index (χ1v) is 7.45. The van der Waals surface area contributed by atoms with Crippen LogP contribution < -0.4 is 16.8 Å². The maximum absolute atomic E-state index is 6.64. The number of piperidine rings is 1. The molecule has 1 fully saturated rings. The van der Waals surface area contributed by atoms with Crippen LogP contribution >= 0.6 is 0 Å². The van der Waals surface area contributed by atoms with E-state index in [-0.39, 0.29) is 10.8 Å². The Bertz CT molecular complexity index is 263. The molecule has 0 amide bonds. The van der Waals surface area contributed by atoms with E-state index in [2.05, 4.69) is 39.9 Å². The second-order valence-electron chi connectivity index (χ2n) is 7.22. The van der Waals surface area contributed by atoms with Gasteiger partial charge in [0.2, 0.25) is 0 Å². The lowest BCUT2D eigenvalue weighted by Crippen LogP contribution is -2.69. The molecular weight excluding hydrogens is 222 g/mol. The zero-order valence-corrected chi connectivity index (χ0v) is 13.0. The van der Waals surface area contributed by atoms with Gasteiger partial charge in [0.05, 0.1) is 5.66 Å². The highest BCUT2D eigenvalue weighted by Crippen LogP contribution is 2.50. The van der Waals surface area contributed by atoms with Gasteiger partial charge in [-0.25, -0.2) is 0 Å². The number of hydrogen-bond acceptors (Lipinski definition) is 3. The van der Waals surface area contributed by atoms with Gasteiger partial charge in [-0.15, -0.1) is 0 Å². The molecular formula is C15H33N3. The van der Waals surface area contributed by atoms with E-state index in [1.807, 2.05) is 0 Å². The molecule has 1 aliphatic heterocycles. The van der Waals surface area contributed by atoms with Gasteiger partial charge in [0.1, 0.15) is 0 Å². The second kappa shape index (κ2) is 5.48. The quantitative estimate of drug-likeness (QED) is 0.661. The topological polar surface area (TPSA) is 64.1 Å². The third kappa shape index (κ3) is 2.73. The lowest BCUT2D eigenvalue weighted by atomic mass is 9.56. The molecule has 0 saturated carbocycles. The monoisotopic (exact) mass is 255 g/mol. The summed E-state index contributed by atoms with van der Waals surface area (Å²) in [6.45, 7) is 13.5. The van der Waals surface area contributed by atoms with Crippen LogP contribution in [0.3, 0.4) is 0 Å². The number of rotatable bonds is 5. The number of nitrogens with one attached hydrogen (secondary N) is 1. The minimum Gasteiger partial charge on any atom is -0.317 e. The van der Waals surface area contributed by atoms with Crippen LogP contribution in [0, 0.1) is 16.7 Å². The minimum atomic E-state index is -0.590. The molecule has 18 heavy (non-hydrogen) atoms. The normalized spacial score (nSPS) is 20.2. The van der Waals surface area contributed by atoms with Gasteiger partial charge in [0, 0.05) is 5.41 Å². The van der Waals surface area contributed by atoms with Gasteiger partial charge in [-0.3, -0.25) is 0 Å². The molecule has 0 aliphatic carbocycles. The second-order valence-corrected chi connectivity index (χ2v) is 7.22. The molecule has 0 unspecified atom stereocenters. The molecule has 0 spiro atoms. The van der Waals surface area contributed by atoms with Gasteiger partial charge in [-0.05, 0) is 43.7 Å². The van der Waals surface area contributed by atoms with Crippen LogP contribution in [0.1, 0.15) is 60.3 Å². The van der Waals surface area contributed by atoms with Crippen molar-refractivity contribution < 1.29 is 0 Å². The van der Waals surface area contributed by atoms with Crippen molar-refractivity contribution in [1.82, 2.24) is 5.32 Å². The van der Waals surface area contributed by atoms with Crippen LogP contribution in [0.25, 0.3) is 0 Å². The van der Waals surface area contributed by atoms with Crippen molar-refractivity contribution in [3.8, 4) is 0 Å². The Morgan fingerprint density at radius 2 is 1.56 bits per heavy atom. The van der Waals surface area contributed by atoms with Gasteiger partial charge in [-0.2, -0.15) is 0 Å². The average Bonchev–Trinajstić information content (AvgIpc) is 2.29. The Kier molecular flexibility index (Phi) is 4.85. The third-order valence-electron chi connectivity index (χ3n) is 5.66. The summed E-state index contributed by atoms with van der Waals surface area (Å²) in [4.78, 5) is 0.